The number of hydrogen-bond acceptors (Lipinski definition) is 5. The summed E-state index contributed by atoms with van der Waals surface area (Å²) in [6.45, 7) is 5.73. The van der Waals surface area contributed by atoms with E-state index < -0.39 is 0 Å². The van der Waals surface area contributed by atoms with Gasteiger partial charge in [0.15, 0.2) is 0 Å². The molecule has 1 N–H and O–H groups in total. The Hall–Kier alpha value is -2.18. The number of pyridine rings is 1. The van der Waals surface area contributed by atoms with E-state index >= 15 is 0 Å². The molecule has 2 aliphatic rings. The average molecular weight is 383 g/mol. The lowest BCUT2D eigenvalue weighted by Crippen LogP contribution is -2.50. The molecule has 2 aromatic rings. The molecule has 150 valence electrons. The summed E-state index contributed by atoms with van der Waals surface area (Å²) in [5.41, 5.74) is 2.16. The predicted octanol–water partition coefficient (Wildman–Crippen LogP) is 2.67. The Labute approximate surface area is 166 Å². The molecule has 0 saturated carbocycles. The Morgan fingerprint density at radius 2 is 2.07 bits per heavy atom. The van der Waals surface area contributed by atoms with E-state index in [0.29, 0.717) is 12.6 Å². The lowest BCUT2D eigenvalue weighted by atomic mass is 9.93. The van der Waals surface area contributed by atoms with Crippen LogP contribution < -0.4 is 5.32 Å². The van der Waals surface area contributed by atoms with Gasteiger partial charge in [-0.25, -0.2) is 0 Å². The summed E-state index contributed by atoms with van der Waals surface area (Å²) in [4.78, 5) is 22.0. The highest BCUT2D eigenvalue weighted by Crippen LogP contribution is 2.24. The second kappa shape index (κ2) is 9.34. The van der Waals surface area contributed by atoms with Crippen molar-refractivity contribution in [1.82, 2.24) is 20.1 Å². The van der Waals surface area contributed by atoms with Crippen LogP contribution in [-0.2, 0) is 17.9 Å². The first-order valence-electron chi connectivity index (χ1n) is 10.4. The first-order chi connectivity index (χ1) is 13.8. The highest BCUT2D eigenvalue weighted by molar-refractivity contribution is 5.78. The summed E-state index contributed by atoms with van der Waals surface area (Å²) in [6.07, 6.45) is 9.81. The van der Waals surface area contributed by atoms with Crippen LogP contribution in [0, 0.1) is 5.92 Å². The van der Waals surface area contributed by atoms with E-state index in [2.05, 4.69) is 20.1 Å². The number of aromatic nitrogens is 1. The van der Waals surface area contributed by atoms with Crippen LogP contribution in [0.1, 0.15) is 36.9 Å². The van der Waals surface area contributed by atoms with E-state index in [1.807, 2.05) is 30.5 Å². The maximum absolute atomic E-state index is 12.6. The van der Waals surface area contributed by atoms with Crippen LogP contribution in [0.4, 0.5) is 0 Å². The zero-order valence-corrected chi connectivity index (χ0v) is 16.4. The SMILES string of the molecule is O=C(NCc1ccccn1)[C@@H]1CCCN(C2CCN(Cc3ccoc3)CC2)C1. The second-order valence-electron chi connectivity index (χ2n) is 8.01. The van der Waals surface area contributed by atoms with Crippen molar-refractivity contribution in [2.75, 3.05) is 26.2 Å². The first-order valence-corrected chi connectivity index (χ1v) is 10.4. The van der Waals surface area contributed by atoms with Crippen molar-refractivity contribution in [3.8, 4) is 0 Å². The minimum atomic E-state index is 0.0985. The quantitative estimate of drug-likeness (QED) is 0.832. The monoisotopic (exact) mass is 382 g/mol. The molecule has 2 aliphatic heterocycles. The van der Waals surface area contributed by atoms with Gasteiger partial charge in [0.2, 0.25) is 5.91 Å². The largest absolute Gasteiger partial charge is 0.472 e. The Bertz CT molecular complexity index is 726. The van der Waals surface area contributed by atoms with Crippen LogP contribution in [-0.4, -0.2) is 52.9 Å². The summed E-state index contributed by atoms with van der Waals surface area (Å²) in [6, 6.07) is 8.45. The maximum Gasteiger partial charge on any atom is 0.224 e. The zero-order chi connectivity index (χ0) is 19.2. The van der Waals surface area contributed by atoms with E-state index in [9.17, 15) is 4.79 Å². The number of carbonyl (C=O) groups is 1. The number of hydrogen-bond donors (Lipinski definition) is 1. The van der Waals surface area contributed by atoms with Crippen LogP contribution in [0.5, 0.6) is 0 Å². The predicted molar refractivity (Wildman–Crippen MR) is 107 cm³/mol. The third kappa shape index (κ3) is 5.00. The van der Waals surface area contributed by atoms with Crippen LogP contribution in [0.15, 0.2) is 47.4 Å². The van der Waals surface area contributed by atoms with Gasteiger partial charge >= 0.3 is 0 Å². The van der Waals surface area contributed by atoms with Gasteiger partial charge in [-0.1, -0.05) is 6.07 Å². The van der Waals surface area contributed by atoms with Crippen molar-refractivity contribution in [3.05, 3.63) is 54.2 Å². The molecule has 0 radical (unpaired) electrons. The van der Waals surface area contributed by atoms with Gasteiger partial charge in [0, 0.05) is 30.9 Å². The molecule has 4 heterocycles. The molecule has 0 bridgehead atoms. The minimum Gasteiger partial charge on any atom is -0.472 e. The van der Waals surface area contributed by atoms with Gasteiger partial charge in [0.05, 0.1) is 30.7 Å². The summed E-state index contributed by atoms with van der Waals surface area (Å²) >= 11 is 0. The van der Waals surface area contributed by atoms with Crippen molar-refractivity contribution in [2.45, 2.75) is 44.8 Å². The van der Waals surface area contributed by atoms with Crippen LogP contribution in [0.2, 0.25) is 0 Å². The molecule has 28 heavy (non-hydrogen) atoms. The highest BCUT2D eigenvalue weighted by Gasteiger charge is 2.31. The third-order valence-corrected chi connectivity index (χ3v) is 6.05. The maximum atomic E-state index is 12.6. The molecular weight excluding hydrogens is 352 g/mol. The Morgan fingerprint density at radius 1 is 1.18 bits per heavy atom. The summed E-state index contributed by atoms with van der Waals surface area (Å²) in [5, 5.41) is 3.08. The van der Waals surface area contributed by atoms with Gasteiger partial charge < -0.3 is 9.73 Å². The number of carbonyl (C=O) groups excluding carboxylic acids is 1. The van der Waals surface area contributed by atoms with E-state index in [1.54, 1.807) is 12.5 Å². The van der Waals surface area contributed by atoms with Gasteiger partial charge in [-0.2, -0.15) is 0 Å². The lowest BCUT2D eigenvalue weighted by Gasteiger charge is -2.42. The fraction of sp³-hybridized carbons (Fsp3) is 0.545. The van der Waals surface area contributed by atoms with Crippen LogP contribution >= 0.6 is 0 Å². The van der Waals surface area contributed by atoms with E-state index in [0.717, 1.165) is 51.3 Å². The fourth-order valence-corrected chi connectivity index (χ4v) is 4.46. The number of likely N-dealkylation sites (tertiary alicyclic amines) is 2. The Morgan fingerprint density at radius 3 is 2.82 bits per heavy atom. The fourth-order valence-electron chi connectivity index (χ4n) is 4.46. The van der Waals surface area contributed by atoms with Gasteiger partial charge in [-0.3, -0.25) is 19.6 Å². The molecule has 4 rings (SSSR count). The van der Waals surface area contributed by atoms with Crippen LogP contribution in [0.3, 0.4) is 0 Å². The number of nitrogens with zero attached hydrogens (tertiary/aromatic N) is 3. The van der Waals surface area contributed by atoms with E-state index in [1.165, 1.54) is 18.4 Å². The molecule has 1 atom stereocenters. The van der Waals surface area contributed by atoms with Crippen molar-refractivity contribution in [3.63, 3.8) is 0 Å². The molecule has 2 aromatic heterocycles. The van der Waals surface area contributed by atoms with Crippen molar-refractivity contribution in [1.29, 1.82) is 0 Å². The van der Waals surface area contributed by atoms with Gasteiger partial charge in [0.25, 0.3) is 0 Å². The molecular formula is C22H30N4O2. The molecule has 0 aliphatic carbocycles. The van der Waals surface area contributed by atoms with Gasteiger partial charge in [-0.05, 0) is 63.5 Å². The molecule has 0 unspecified atom stereocenters. The smallest absolute Gasteiger partial charge is 0.224 e. The molecule has 0 spiro atoms. The average Bonchev–Trinajstić information content (AvgIpc) is 3.26. The number of piperidine rings is 2. The standard InChI is InChI=1S/C22H30N4O2/c27-22(24-14-20-5-1-2-9-23-20)19-4-3-10-26(16-19)21-6-11-25(12-7-21)15-18-8-13-28-17-18/h1-2,5,8-9,13,17,19,21H,3-4,6-7,10-12,14-16H2,(H,24,27)/t19-/m1/s1. The first kappa shape index (κ1) is 19.2. The van der Waals surface area contributed by atoms with Crippen molar-refractivity contribution < 1.29 is 9.21 Å². The molecule has 6 nitrogen and oxygen atoms in total. The second-order valence-corrected chi connectivity index (χ2v) is 8.01. The normalized spacial score (nSPS) is 22.2. The minimum absolute atomic E-state index is 0.0985. The number of amides is 1. The summed E-state index contributed by atoms with van der Waals surface area (Å²) in [7, 11) is 0. The Balaban J connectivity index is 1.23. The molecule has 0 aromatic carbocycles. The number of furan rings is 1. The lowest BCUT2D eigenvalue weighted by molar-refractivity contribution is -0.127. The van der Waals surface area contributed by atoms with Crippen LogP contribution in [0.25, 0.3) is 0 Å². The topological polar surface area (TPSA) is 61.6 Å². The highest BCUT2D eigenvalue weighted by atomic mass is 16.3. The molecule has 6 heteroatoms. The molecule has 2 fully saturated rings. The van der Waals surface area contributed by atoms with E-state index in [-0.39, 0.29) is 11.8 Å². The van der Waals surface area contributed by atoms with Gasteiger partial charge in [-0.15, -0.1) is 0 Å². The Kier molecular flexibility index (Phi) is 6.39. The third-order valence-electron chi connectivity index (χ3n) is 6.05. The van der Waals surface area contributed by atoms with Gasteiger partial charge in [0.1, 0.15) is 0 Å². The summed E-state index contributed by atoms with van der Waals surface area (Å²) < 4.78 is 5.18. The molecule has 2 saturated heterocycles. The van der Waals surface area contributed by atoms with Crippen molar-refractivity contribution >= 4 is 5.91 Å². The molecule has 1 amide bonds. The number of nitrogens with one attached hydrogen (secondary N) is 1. The number of rotatable bonds is 6. The summed E-state index contributed by atoms with van der Waals surface area (Å²) in [5.74, 6) is 0.272. The van der Waals surface area contributed by atoms with Crippen molar-refractivity contribution in [2.24, 2.45) is 5.92 Å². The zero-order valence-electron chi connectivity index (χ0n) is 16.4. The van der Waals surface area contributed by atoms with E-state index in [4.69, 9.17) is 4.42 Å².